The van der Waals surface area contributed by atoms with E-state index in [9.17, 15) is 13.2 Å². The van der Waals surface area contributed by atoms with E-state index in [2.05, 4.69) is 19.4 Å². The lowest BCUT2D eigenvalue weighted by molar-refractivity contribution is -0.135. The minimum atomic E-state index is -3.87. The molecule has 0 bridgehead atoms. The largest absolute Gasteiger partial charge is 0.460 e. The Morgan fingerprint density at radius 2 is 2.29 bits per heavy atom. The molecule has 0 spiro atoms. The molecule has 0 amide bonds. The molecule has 7 nitrogen and oxygen atoms in total. The summed E-state index contributed by atoms with van der Waals surface area (Å²) in [6.07, 6.45) is 2.64. The summed E-state index contributed by atoms with van der Waals surface area (Å²) >= 11 is 0. The van der Waals surface area contributed by atoms with Gasteiger partial charge in [-0.15, -0.1) is 4.40 Å². The van der Waals surface area contributed by atoms with Crippen LogP contribution in [-0.4, -0.2) is 31.8 Å². The molecular formula is C9H9N3O4S. The molecule has 8 heteroatoms. The number of hydrogen-bond donors (Lipinski definition) is 1. The number of carbonyl (C=O) groups excluding carboxylic acids is 1. The molecule has 90 valence electrons. The van der Waals surface area contributed by atoms with Crippen LogP contribution in [0.5, 0.6) is 0 Å². The number of ether oxygens (including phenoxy) is 1. The predicted molar refractivity (Wildman–Crippen MR) is 59.1 cm³/mol. The van der Waals surface area contributed by atoms with E-state index in [0.29, 0.717) is 0 Å². The summed E-state index contributed by atoms with van der Waals surface area (Å²) in [5.41, 5.74) is 0.213. The van der Waals surface area contributed by atoms with Crippen molar-refractivity contribution in [1.29, 1.82) is 0 Å². The Bertz CT molecular complexity index is 594. The van der Waals surface area contributed by atoms with Crippen LogP contribution in [0.2, 0.25) is 0 Å². The van der Waals surface area contributed by atoms with Gasteiger partial charge in [-0.1, -0.05) is 0 Å². The first-order valence-corrected chi connectivity index (χ1v) is 6.21. The van der Waals surface area contributed by atoms with Crippen molar-refractivity contribution in [2.75, 3.05) is 11.9 Å². The lowest BCUT2D eigenvalue weighted by Crippen LogP contribution is -2.30. The van der Waals surface area contributed by atoms with Gasteiger partial charge in [0.1, 0.15) is 4.90 Å². The number of hydrogen-bond acceptors (Lipinski definition) is 6. The molecule has 1 aliphatic rings. The van der Waals surface area contributed by atoms with Crippen LogP contribution in [0.3, 0.4) is 0 Å². The van der Waals surface area contributed by atoms with Gasteiger partial charge in [0.25, 0.3) is 10.0 Å². The third kappa shape index (κ3) is 2.11. The number of amidine groups is 1. The van der Waals surface area contributed by atoms with E-state index < -0.39 is 16.0 Å². The molecule has 0 fully saturated rings. The van der Waals surface area contributed by atoms with Crippen molar-refractivity contribution in [3.05, 3.63) is 18.5 Å². The smallest absolute Gasteiger partial charge is 0.375 e. The van der Waals surface area contributed by atoms with Crippen LogP contribution in [0.4, 0.5) is 5.69 Å². The lowest BCUT2D eigenvalue weighted by Gasteiger charge is -2.15. The number of rotatable bonds is 2. The standard InChI is InChI=1S/C9H9N3O4S/c1-2-16-9(13)8-11-6-5-10-4-3-7(6)17(14,15)12-8/h3-5H,2H2,1H3,(H,11,12). The number of sulfonamides is 1. The molecule has 0 saturated carbocycles. The highest BCUT2D eigenvalue weighted by Gasteiger charge is 2.28. The average Bonchev–Trinajstić information content (AvgIpc) is 2.28. The summed E-state index contributed by atoms with van der Waals surface area (Å²) in [6.45, 7) is 1.75. The first-order valence-electron chi connectivity index (χ1n) is 4.77. The van der Waals surface area contributed by atoms with Crippen molar-refractivity contribution in [2.45, 2.75) is 11.8 Å². The van der Waals surface area contributed by atoms with Gasteiger partial charge in [-0.25, -0.2) is 4.79 Å². The van der Waals surface area contributed by atoms with Crippen molar-refractivity contribution >= 4 is 27.5 Å². The van der Waals surface area contributed by atoms with E-state index in [1.54, 1.807) is 6.92 Å². The van der Waals surface area contributed by atoms with E-state index in [0.717, 1.165) is 0 Å². The molecule has 0 atom stereocenters. The van der Waals surface area contributed by atoms with Gasteiger partial charge in [0, 0.05) is 6.20 Å². The number of carbonyl (C=O) groups is 1. The van der Waals surface area contributed by atoms with Crippen LogP contribution in [0, 0.1) is 0 Å². The van der Waals surface area contributed by atoms with Crippen LogP contribution in [0.15, 0.2) is 27.8 Å². The monoisotopic (exact) mass is 255 g/mol. The minimum absolute atomic E-state index is 0.0134. The van der Waals surface area contributed by atoms with Crippen molar-refractivity contribution < 1.29 is 17.9 Å². The summed E-state index contributed by atoms with van der Waals surface area (Å²) in [6, 6.07) is 1.31. The number of nitrogens with zero attached hydrogens (tertiary/aromatic N) is 2. The van der Waals surface area contributed by atoms with Gasteiger partial charge in [0.15, 0.2) is 0 Å². The SMILES string of the molecule is CCOC(=O)C1=NS(=O)(=O)c2ccncc2N1. The van der Waals surface area contributed by atoms with Gasteiger partial charge in [-0.05, 0) is 13.0 Å². The number of pyridine rings is 1. The molecule has 1 aromatic heterocycles. The zero-order valence-electron chi connectivity index (χ0n) is 8.87. The summed E-state index contributed by atoms with van der Waals surface area (Å²) in [4.78, 5) is 15.2. The summed E-state index contributed by atoms with van der Waals surface area (Å²) in [5, 5.41) is 2.57. The quantitative estimate of drug-likeness (QED) is 0.756. The van der Waals surface area contributed by atoms with Crippen LogP contribution < -0.4 is 5.32 Å². The van der Waals surface area contributed by atoms with Crippen molar-refractivity contribution in [3.8, 4) is 0 Å². The Morgan fingerprint density at radius 3 is 3.00 bits per heavy atom. The summed E-state index contributed by atoms with van der Waals surface area (Å²) < 4.78 is 31.5. The Labute approximate surface area is 97.6 Å². The molecule has 1 aliphatic heterocycles. The van der Waals surface area contributed by atoms with Gasteiger partial charge in [0.2, 0.25) is 5.84 Å². The number of esters is 1. The second-order valence-corrected chi connectivity index (χ2v) is 4.70. The van der Waals surface area contributed by atoms with E-state index in [4.69, 9.17) is 0 Å². The van der Waals surface area contributed by atoms with E-state index in [-0.39, 0.29) is 23.0 Å². The lowest BCUT2D eigenvalue weighted by atomic mass is 10.4. The average molecular weight is 255 g/mol. The van der Waals surface area contributed by atoms with Gasteiger partial charge in [-0.3, -0.25) is 4.98 Å². The third-order valence-electron chi connectivity index (χ3n) is 1.99. The van der Waals surface area contributed by atoms with E-state index in [1.807, 2.05) is 0 Å². The van der Waals surface area contributed by atoms with Gasteiger partial charge >= 0.3 is 5.97 Å². The molecule has 1 aromatic rings. The highest BCUT2D eigenvalue weighted by atomic mass is 32.2. The van der Waals surface area contributed by atoms with Crippen molar-refractivity contribution in [3.63, 3.8) is 0 Å². The molecule has 17 heavy (non-hydrogen) atoms. The summed E-state index contributed by atoms with van der Waals surface area (Å²) in [5.74, 6) is -1.17. The molecule has 2 heterocycles. The number of nitrogens with one attached hydrogen (secondary N) is 1. The fraction of sp³-hybridized carbons (Fsp3) is 0.222. The highest BCUT2D eigenvalue weighted by Crippen LogP contribution is 2.25. The van der Waals surface area contributed by atoms with Crippen LogP contribution >= 0.6 is 0 Å². The van der Waals surface area contributed by atoms with Gasteiger partial charge in [0.05, 0.1) is 18.5 Å². The molecule has 0 unspecified atom stereocenters. The van der Waals surface area contributed by atoms with Gasteiger partial charge in [-0.2, -0.15) is 8.42 Å². The zero-order chi connectivity index (χ0) is 12.5. The molecular weight excluding hydrogens is 246 g/mol. The second-order valence-electron chi connectivity index (χ2n) is 3.13. The maximum atomic E-state index is 11.7. The maximum Gasteiger partial charge on any atom is 0.375 e. The third-order valence-corrected chi connectivity index (χ3v) is 3.33. The second kappa shape index (κ2) is 4.13. The number of anilines is 1. The molecule has 0 saturated heterocycles. The molecule has 2 rings (SSSR count). The predicted octanol–water partition coefficient (Wildman–Crippen LogP) is 0.157. The highest BCUT2D eigenvalue weighted by molar-refractivity contribution is 7.90. The molecule has 0 aliphatic carbocycles. The zero-order valence-corrected chi connectivity index (χ0v) is 9.69. The fourth-order valence-electron chi connectivity index (χ4n) is 1.31. The van der Waals surface area contributed by atoms with Crippen LogP contribution in [0.1, 0.15) is 6.92 Å². The van der Waals surface area contributed by atoms with Gasteiger partial charge < -0.3 is 10.1 Å². The molecule has 0 aromatic carbocycles. The maximum absolute atomic E-state index is 11.7. The van der Waals surface area contributed by atoms with Crippen LogP contribution in [-0.2, 0) is 19.6 Å². The Hall–Kier alpha value is -1.96. The Kier molecular flexibility index (Phi) is 2.80. The number of aromatic nitrogens is 1. The molecule has 0 radical (unpaired) electrons. The Balaban J connectivity index is 2.45. The first kappa shape index (κ1) is 11.5. The van der Waals surface area contributed by atoms with Crippen molar-refractivity contribution in [2.24, 2.45) is 4.40 Å². The topological polar surface area (TPSA) is 97.7 Å². The van der Waals surface area contributed by atoms with E-state index >= 15 is 0 Å². The molecule has 1 N–H and O–H groups in total. The first-order chi connectivity index (χ1) is 8.04. The summed E-state index contributed by atoms with van der Waals surface area (Å²) in [7, 11) is -3.87. The minimum Gasteiger partial charge on any atom is -0.460 e. The Morgan fingerprint density at radius 1 is 1.53 bits per heavy atom. The van der Waals surface area contributed by atoms with Crippen molar-refractivity contribution in [1.82, 2.24) is 4.98 Å². The van der Waals surface area contributed by atoms with Crippen LogP contribution in [0.25, 0.3) is 0 Å². The van der Waals surface area contributed by atoms with E-state index in [1.165, 1.54) is 18.5 Å². The number of fused-ring (bicyclic) bond motifs is 1. The normalized spacial score (nSPS) is 16.4. The fourth-order valence-corrected chi connectivity index (χ4v) is 2.38.